The maximum absolute atomic E-state index is 9.26. The van der Waals surface area contributed by atoms with Crippen molar-refractivity contribution in [1.82, 2.24) is 10.6 Å². The van der Waals surface area contributed by atoms with E-state index in [1.54, 1.807) is 0 Å². The first-order valence-electron chi connectivity index (χ1n) is 4.36. The molecule has 0 spiro atoms. The number of aliphatic hydroxyl groups excluding tert-OH is 1. The maximum Gasteiger partial charge on any atom is 0.0788 e. The van der Waals surface area contributed by atoms with Crippen molar-refractivity contribution in [3.8, 4) is 0 Å². The smallest absolute Gasteiger partial charge is 0.0788 e. The predicted octanol–water partition coefficient (Wildman–Crippen LogP) is -0.434. The summed E-state index contributed by atoms with van der Waals surface area (Å²) in [5.74, 6) is 0.900. The molecular formula is C8H18N2O. The van der Waals surface area contributed by atoms with Crippen LogP contribution in [0.1, 0.15) is 12.8 Å². The first-order valence-corrected chi connectivity index (χ1v) is 4.36. The number of likely N-dealkylation sites (N-methyl/N-ethyl adjacent to an activating group) is 1. The van der Waals surface area contributed by atoms with Gasteiger partial charge >= 0.3 is 0 Å². The average Bonchev–Trinajstić information content (AvgIpc) is 2.72. The molecule has 0 amide bonds. The van der Waals surface area contributed by atoms with Crippen LogP contribution in [0.4, 0.5) is 0 Å². The van der Waals surface area contributed by atoms with Crippen LogP contribution < -0.4 is 10.6 Å². The van der Waals surface area contributed by atoms with Crippen molar-refractivity contribution in [2.45, 2.75) is 18.9 Å². The Bertz CT molecular complexity index is 104. The Morgan fingerprint density at radius 3 is 2.73 bits per heavy atom. The summed E-state index contributed by atoms with van der Waals surface area (Å²) in [5, 5.41) is 15.4. The van der Waals surface area contributed by atoms with Crippen molar-refractivity contribution in [2.75, 3.05) is 26.7 Å². The summed E-state index contributed by atoms with van der Waals surface area (Å²) >= 11 is 0. The number of rotatable bonds is 6. The highest BCUT2D eigenvalue weighted by atomic mass is 16.3. The van der Waals surface area contributed by atoms with Crippen molar-refractivity contribution >= 4 is 0 Å². The van der Waals surface area contributed by atoms with E-state index in [0.29, 0.717) is 6.54 Å². The first-order chi connectivity index (χ1) is 5.33. The molecule has 1 rings (SSSR count). The Kier molecular flexibility index (Phi) is 3.83. The Labute approximate surface area is 68.2 Å². The monoisotopic (exact) mass is 158 g/mol. The van der Waals surface area contributed by atoms with Gasteiger partial charge in [-0.1, -0.05) is 0 Å². The van der Waals surface area contributed by atoms with Gasteiger partial charge in [-0.2, -0.15) is 0 Å². The fraction of sp³-hybridized carbons (Fsp3) is 1.00. The molecule has 1 aliphatic rings. The quantitative estimate of drug-likeness (QED) is 0.491. The van der Waals surface area contributed by atoms with Crippen LogP contribution in [0.25, 0.3) is 0 Å². The van der Waals surface area contributed by atoms with Crippen molar-refractivity contribution in [1.29, 1.82) is 0 Å². The molecule has 0 aromatic heterocycles. The topological polar surface area (TPSA) is 44.3 Å². The molecule has 0 bridgehead atoms. The largest absolute Gasteiger partial charge is 0.390 e. The minimum Gasteiger partial charge on any atom is -0.390 e. The molecule has 1 saturated carbocycles. The highest BCUT2D eigenvalue weighted by Gasteiger charge is 2.20. The van der Waals surface area contributed by atoms with Crippen molar-refractivity contribution in [3.05, 3.63) is 0 Å². The normalized spacial score (nSPS) is 20.2. The Balaban J connectivity index is 1.84. The van der Waals surface area contributed by atoms with E-state index < -0.39 is 0 Å². The van der Waals surface area contributed by atoms with E-state index in [4.69, 9.17) is 0 Å². The third kappa shape index (κ3) is 4.35. The minimum atomic E-state index is -0.237. The molecule has 0 aromatic rings. The molecule has 3 N–H and O–H groups in total. The van der Waals surface area contributed by atoms with Gasteiger partial charge in [-0.3, -0.25) is 0 Å². The van der Waals surface area contributed by atoms with Gasteiger partial charge in [-0.05, 0) is 32.4 Å². The van der Waals surface area contributed by atoms with Gasteiger partial charge in [-0.25, -0.2) is 0 Å². The van der Waals surface area contributed by atoms with E-state index in [9.17, 15) is 5.11 Å². The van der Waals surface area contributed by atoms with Gasteiger partial charge in [0.05, 0.1) is 6.10 Å². The second-order valence-electron chi connectivity index (χ2n) is 3.31. The van der Waals surface area contributed by atoms with Crippen LogP contribution in [0.15, 0.2) is 0 Å². The summed E-state index contributed by atoms with van der Waals surface area (Å²) in [6.07, 6.45) is 2.50. The second-order valence-corrected chi connectivity index (χ2v) is 3.31. The molecule has 1 aliphatic carbocycles. The van der Waals surface area contributed by atoms with Crippen LogP contribution in [0.5, 0.6) is 0 Å². The molecule has 66 valence electrons. The number of nitrogens with one attached hydrogen (secondary N) is 2. The summed E-state index contributed by atoms with van der Waals surface area (Å²) in [5.41, 5.74) is 0. The zero-order valence-electron chi connectivity index (χ0n) is 7.14. The third-order valence-corrected chi connectivity index (χ3v) is 1.95. The molecule has 1 atom stereocenters. The SMILES string of the molecule is CNCC(O)CNCC1CC1. The Morgan fingerprint density at radius 1 is 1.45 bits per heavy atom. The van der Waals surface area contributed by atoms with Gasteiger partial charge in [0.15, 0.2) is 0 Å². The number of hydrogen-bond acceptors (Lipinski definition) is 3. The Hall–Kier alpha value is -0.120. The molecule has 3 nitrogen and oxygen atoms in total. The van der Waals surface area contributed by atoms with E-state index in [0.717, 1.165) is 19.0 Å². The molecule has 3 heteroatoms. The molecule has 11 heavy (non-hydrogen) atoms. The molecule has 0 saturated heterocycles. The number of aliphatic hydroxyl groups is 1. The van der Waals surface area contributed by atoms with Crippen LogP contribution in [0.2, 0.25) is 0 Å². The first kappa shape index (κ1) is 8.97. The lowest BCUT2D eigenvalue weighted by atomic mass is 10.3. The van der Waals surface area contributed by atoms with E-state index in [1.165, 1.54) is 12.8 Å². The molecule has 1 unspecified atom stereocenters. The summed E-state index contributed by atoms with van der Waals surface area (Å²) in [6.45, 7) is 2.48. The van der Waals surface area contributed by atoms with Crippen molar-refractivity contribution < 1.29 is 5.11 Å². The van der Waals surface area contributed by atoms with Gasteiger partial charge in [-0.15, -0.1) is 0 Å². The predicted molar refractivity (Wildman–Crippen MR) is 45.5 cm³/mol. The van der Waals surface area contributed by atoms with Crippen LogP contribution in [0, 0.1) is 5.92 Å². The van der Waals surface area contributed by atoms with Gasteiger partial charge in [0.25, 0.3) is 0 Å². The van der Waals surface area contributed by atoms with Crippen LogP contribution in [-0.2, 0) is 0 Å². The van der Waals surface area contributed by atoms with E-state index in [2.05, 4.69) is 10.6 Å². The highest BCUT2D eigenvalue weighted by Crippen LogP contribution is 2.27. The van der Waals surface area contributed by atoms with Crippen molar-refractivity contribution in [2.24, 2.45) is 5.92 Å². The van der Waals surface area contributed by atoms with Gasteiger partial charge < -0.3 is 15.7 Å². The zero-order valence-corrected chi connectivity index (χ0v) is 7.14. The van der Waals surface area contributed by atoms with Crippen LogP contribution in [-0.4, -0.2) is 37.9 Å². The maximum atomic E-state index is 9.26. The van der Waals surface area contributed by atoms with Gasteiger partial charge in [0.2, 0.25) is 0 Å². The molecule has 0 radical (unpaired) electrons. The fourth-order valence-corrected chi connectivity index (χ4v) is 1.08. The number of hydrogen-bond donors (Lipinski definition) is 3. The van der Waals surface area contributed by atoms with Gasteiger partial charge in [0.1, 0.15) is 0 Å². The standard InChI is InChI=1S/C8H18N2O/c1-9-5-8(11)6-10-4-7-2-3-7/h7-11H,2-6H2,1H3. The fourth-order valence-electron chi connectivity index (χ4n) is 1.08. The Morgan fingerprint density at radius 2 is 2.18 bits per heavy atom. The van der Waals surface area contributed by atoms with Crippen molar-refractivity contribution in [3.63, 3.8) is 0 Å². The van der Waals surface area contributed by atoms with Gasteiger partial charge in [0, 0.05) is 13.1 Å². The summed E-state index contributed by atoms with van der Waals surface area (Å²) in [6, 6.07) is 0. The van der Waals surface area contributed by atoms with E-state index >= 15 is 0 Å². The molecule has 0 heterocycles. The highest BCUT2D eigenvalue weighted by molar-refractivity contribution is 4.76. The molecule has 0 aromatic carbocycles. The lowest BCUT2D eigenvalue weighted by molar-refractivity contribution is 0.171. The molecule has 1 fully saturated rings. The van der Waals surface area contributed by atoms with Crippen LogP contribution in [0.3, 0.4) is 0 Å². The molecule has 0 aliphatic heterocycles. The minimum absolute atomic E-state index is 0.237. The molecular weight excluding hydrogens is 140 g/mol. The van der Waals surface area contributed by atoms with E-state index in [1.807, 2.05) is 7.05 Å². The summed E-state index contributed by atoms with van der Waals surface area (Å²) < 4.78 is 0. The second kappa shape index (κ2) is 4.70. The summed E-state index contributed by atoms with van der Waals surface area (Å²) in [7, 11) is 1.85. The zero-order chi connectivity index (χ0) is 8.10. The third-order valence-electron chi connectivity index (χ3n) is 1.95. The summed E-state index contributed by atoms with van der Waals surface area (Å²) in [4.78, 5) is 0. The van der Waals surface area contributed by atoms with Crippen LogP contribution >= 0.6 is 0 Å². The lowest BCUT2D eigenvalue weighted by Crippen LogP contribution is -2.34. The lowest BCUT2D eigenvalue weighted by Gasteiger charge is -2.10. The van der Waals surface area contributed by atoms with E-state index in [-0.39, 0.29) is 6.10 Å². The average molecular weight is 158 g/mol.